The van der Waals surface area contributed by atoms with Crippen molar-refractivity contribution in [1.29, 1.82) is 0 Å². The maximum absolute atomic E-state index is 12.5. The number of nitrogens with zero attached hydrogens (tertiary/aromatic N) is 2. The fourth-order valence-corrected chi connectivity index (χ4v) is 2.68. The Bertz CT molecular complexity index is 615. The van der Waals surface area contributed by atoms with Crippen molar-refractivity contribution in [3.8, 4) is 5.69 Å². The topological polar surface area (TPSA) is 59.0 Å². The number of nitrogens with one attached hydrogen (secondary N) is 2. The number of anilines is 1. The van der Waals surface area contributed by atoms with E-state index in [9.17, 15) is 4.79 Å². The molecule has 0 spiro atoms. The number of piperidine rings is 1. The summed E-state index contributed by atoms with van der Waals surface area (Å²) in [6.07, 6.45) is 5.58. The second kappa shape index (κ2) is 5.69. The maximum atomic E-state index is 12.5. The predicted molar refractivity (Wildman–Crippen MR) is 82.4 cm³/mol. The van der Waals surface area contributed by atoms with Gasteiger partial charge in [0.15, 0.2) is 0 Å². The highest BCUT2D eigenvalue weighted by atomic mass is 16.2. The summed E-state index contributed by atoms with van der Waals surface area (Å²) >= 11 is 0. The van der Waals surface area contributed by atoms with Crippen LogP contribution in [0.1, 0.15) is 19.8 Å². The molecule has 110 valence electrons. The van der Waals surface area contributed by atoms with Crippen molar-refractivity contribution in [3.63, 3.8) is 0 Å². The number of hydrogen-bond donors (Lipinski definition) is 2. The number of carbonyl (C=O) groups is 1. The SMILES string of the molecule is CC1(C(=O)Nc2cccc(-n3cccn3)c2)CCCNC1. The average molecular weight is 284 g/mol. The first-order valence-electron chi connectivity index (χ1n) is 7.30. The standard InChI is InChI=1S/C16H20N4O/c1-16(7-3-8-17-12-16)15(21)19-13-5-2-6-14(11-13)20-10-4-9-18-20/h2,4-6,9-11,17H,3,7-8,12H2,1H3,(H,19,21). The largest absolute Gasteiger partial charge is 0.326 e. The number of rotatable bonds is 3. The molecule has 5 nitrogen and oxygen atoms in total. The van der Waals surface area contributed by atoms with E-state index in [1.807, 2.05) is 43.5 Å². The number of carbonyl (C=O) groups excluding carboxylic acids is 1. The van der Waals surface area contributed by atoms with Crippen LogP contribution in [0.2, 0.25) is 0 Å². The van der Waals surface area contributed by atoms with Gasteiger partial charge in [0.2, 0.25) is 5.91 Å². The molecular formula is C16H20N4O. The quantitative estimate of drug-likeness (QED) is 0.908. The summed E-state index contributed by atoms with van der Waals surface area (Å²) in [5, 5.41) is 10.5. The molecule has 1 aromatic carbocycles. The normalized spacial score (nSPS) is 22.0. The zero-order valence-corrected chi connectivity index (χ0v) is 12.2. The van der Waals surface area contributed by atoms with Gasteiger partial charge in [-0.1, -0.05) is 6.07 Å². The lowest BCUT2D eigenvalue weighted by atomic mass is 9.82. The van der Waals surface area contributed by atoms with Crippen molar-refractivity contribution >= 4 is 11.6 Å². The highest BCUT2D eigenvalue weighted by Crippen LogP contribution is 2.27. The second-order valence-corrected chi connectivity index (χ2v) is 5.80. The van der Waals surface area contributed by atoms with E-state index in [0.29, 0.717) is 0 Å². The molecule has 1 saturated heterocycles. The first-order valence-corrected chi connectivity index (χ1v) is 7.30. The molecule has 2 heterocycles. The van der Waals surface area contributed by atoms with Crippen molar-refractivity contribution in [2.45, 2.75) is 19.8 Å². The summed E-state index contributed by atoms with van der Waals surface area (Å²) in [5.74, 6) is 0.0762. The van der Waals surface area contributed by atoms with Crippen LogP contribution >= 0.6 is 0 Å². The third-order valence-corrected chi connectivity index (χ3v) is 4.02. The minimum Gasteiger partial charge on any atom is -0.326 e. The molecule has 1 aliphatic heterocycles. The van der Waals surface area contributed by atoms with Gasteiger partial charge in [0, 0.05) is 24.6 Å². The van der Waals surface area contributed by atoms with E-state index in [1.54, 1.807) is 10.9 Å². The van der Waals surface area contributed by atoms with Gasteiger partial charge in [-0.25, -0.2) is 4.68 Å². The monoisotopic (exact) mass is 284 g/mol. The molecule has 1 atom stereocenters. The Balaban J connectivity index is 1.76. The number of hydrogen-bond acceptors (Lipinski definition) is 3. The molecule has 2 aromatic rings. The highest BCUT2D eigenvalue weighted by Gasteiger charge is 2.34. The predicted octanol–water partition coefficient (Wildman–Crippen LogP) is 2.20. The van der Waals surface area contributed by atoms with Gasteiger partial charge >= 0.3 is 0 Å². The van der Waals surface area contributed by atoms with E-state index in [1.165, 1.54) is 0 Å². The van der Waals surface area contributed by atoms with Gasteiger partial charge < -0.3 is 10.6 Å². The lowest BCUT2D eigenvalue weighted by molar-refractivity contribution is -0.125. The van der Waals surface area contributed by atoms with Crippen LogP contribution < -0.4 is 10.6 Å². The molecule has 0 radical (unpaired) electrons. The molecule has 3 rings (SSSR count). The summed E-state index contributed by atoms with van der Waals surface area (Å²) in [6, 6.07) is 9.61. The van der Waals surface area contributed by atoms with Gasteiger partial charge in [0.1, 0.15) is 0 Å². The Hall–Kier alpha value is -2.14. The van der Waals surface area contributed by atoms with Crippen LogP contribution in [-0.4, -0.2) is 28.8 Å². The van der Waals surface area contributed by atoms with E-state index < -0.39 is 0 Å². The van der Waals surface area contributed by atoms with Gasteiger partial charge in [0.25, 0.3) is 0 Å². The lowest BCUT2D eigenvalue weighted by Gasteiger charge is -2.32. The van der Waals surface area contributed by atoms with Crippen molar-refractivity contribution in [1.82, 2.24) is 15.1 Å². The molecular weight excluding hydrogens is 264 g/mol. The molecule has 1 aliphatic rings. The first-order chi connectivity index (χ1) is 10.2. The average Bonchev–Trinajstić information content (AvgIpc) is 3.02. The van der Waals surface area contributed by atoms with Gasteiger partial charge in [-0.3, -0.25) is 4.79 Å². The molecule has 0 aliphatic carbocycles. The Morgan fingerprint density at radius 3 is 3.05 bits per heavy atom. The molecule has 1 fully saturated rings. The van der Waals surface area contributed by atoms with Crippen LogP contribution in [0.4, 0.5) is 5.69 Å². The summed E-state index contributed by atoms with van der Waals surface area (Å²) in [6.45, 7) is 3.75. The molecule has 2 N–H and O–H groups in total. The van der Waals surface area contributed by atoms with Crippen LogP contribution in [0.15, 0.2) is 42.7 Å². The van der Waals surface area contributed by atoms with Gasteiger partial charge in [-0.15, -0.1) is 0 Å². The second-order valence-electron chi connectivity index (χ2n) is 5.80. The van der Waals surface area contributed by atoms with Gasteiger partial charge in [0.05, 0.1) is 11.1 Å². The fraction of sp³-hybridized carbons (Fsp3) is 0.375. The summed E-state index contributed by atoms with van der Waals surface area (Å²) < 4.78 is 1.78. The zero-order valence-electron chi connectivity index (χ0n) is 12.2. The van der Waals surface area contributed by atoms with Crippen molar-refractivity contribution in [2.24, 2.45) is 5.41 Å². The Labute approximate surface area is 124 Å². The van der Waals surface area contributed by atoms with Crippen LogP contribution in [0.5, 0.6) is 0 Å². The molecule has 1 amide bonds. The number of benzene rings is 1. The van der Waals surface area contributed by atoms with E-state index >= 15 is 0 Å². The maximum Gasteiger partial charge on any atom is 0.231 e. The van der Waals surface area contributed by atoms with E-state index in [4.69, 9.17) is 0 Å². The van der Waals surface area contributed by atoms with E-state index in [2.05, 4.69) is 15.7 Å². The summed E-state index contributed by atoms with van der Waals surface area (Å²) in [4.78, 5) is 12.5. The third-order valence-electron chi connectivity index (χ3n) is 4.02. The van der Waals surface area contributed by atoms with Crippen LogP contribution in [0.25, 0.3) is 5.69 Å². The summed E-state index contributed by atoms with van der Waals surface area (Å²) in [7, 11) is 0. The summed E-state index contributed by atoms with van der Waals surface area (Å²) in [5.41, 5.74) is 1.41. The van der Waals surface area contributed by atoms with Gasteiger partial charge in [-0.2, -0.15) is 5.10 Å². The van der Waals surface area contributed by atoms with E-state index in [0.717, 1.165) is 37.3 Å². The highest BCUT2D eigenvalue weighted by molar-refractivity contribution is 5.95. The minimum atomic E-state index is -0.333. The number of amides is 1. The Morgan fingerprint density at radius 2 is 2.33 bits per heavy atom. The molecule has 1 aromatic heterocycles. The van der Waals surface area contributed by atoms with Crippen molar-refractivity contribution in [2.75, 3.05) is 18.4 Å². The Kier molecular flexibility index (Phi) is 3.75. The van der Waals surface area contributed by atoms with Crippen LogP contribution in [0, 0.1) is 5.41 Å². The van der Waals surface area contributed by atoms with E-state index in [-0.39, 0.29) is 11.3 Å². The van der Waals surface area contributed by atoms with Crippen LogP contribution in [0.3, 0.4) is 0 Å². The van der Waals surface area contributed by atoms with Gasteiger partial charge in [-0.05, 0) is 50.6 Å². The van der Waals surface area contributed by atoms with Crippen molar-refractivity contribution in [3.05, 3.63) is 42.7 Å². The molecule has 5 heteroatoms. The smallest absolute Gasteiger partial charge is 0.231 e. The third kappa shape index (κ3) is 2.97. The molecule has 1 unspecified atom stereocenters. The number of aromatic nitrogens is 2. The van der Waals surface area contributed by atoms with Crippen LogP contribution in [-0.2, 0) is 4.79 Å². The fourth-order valence-electron chi connectivity index (χ4n) is 2.68. The minimum absolute atomic E-state index is 0.0762. The molecule has 0 saturated carbocycles. The lowest BCUT2D eigenvalue weighted by Crippen LogP contribution is -2.46. The molecule has 21 heavy (non-hydrogen) atoms. The first kappa shape index (κ1) is 13.8. The Morgan fingerprint density at radius 1 is 1.43 bits per heavy atom. The zero-order chi connectivity index (χ0) is 14.7. The van der Waals surface area contributed by atoms with Crippen molar-refractivity contribution < 1.29 is 4.79 Å². The molecule has 0 bridgehead atoms.